The molecule has 0 bridgehead atoms. The molecular formula is C17H18BrClN2O2S. The van der Waals surface area contributed by atoms with Crippen LogP contribution in [-0.4, -0.2) is 32.2 Å². The molecule has 0 amide bonds. The van der Waals surface area contributed by atoms with Gasteiger partial charge in [-0.2, -0.15) is 8.42 Å². The van der Waals surface area contributed by atoms with E-state index in [2.05, 4.69) is 20.3 Å². The predicted octanol–water partition coefficient (Wildman–Crippen LogP) is 4.58. The van der Waals surface area contributed by atoms with Gasteiger partial charge in [-0.15, -0.1) is 4.40 Å². The highest BCUT2D eigenvalue weighted by molar-refractivity contribution is 9.10. The first-order chi connectivity index (χ1) is 11.4. The van der Waals surface area contributed by atoms with E-state index >= 15 is 0 Å². The highest BCUT2D eigenvalue weighted by Crippen LogP contribution is 2.19. The fourth-order valence-electron chi connectivity index (χ4n) is 2.19. The van der Waals surface area contributed by atoms with Gasteiger partial charge in [0.2, 0.25) is 0 Å². The number of hydrogen-bond donors (Lipinski definition) is 0. The molecule has 0 aromatic heterocycles. The van der Waals surface area contributed by atoms with E-state index in [0.29, 0.717) is 29.5 Å². The molecule has 0 unspecified atom stereocenters. The quantitative estimate of drug-likeness (QED) is 0.516. The summed E-state index contributed by atoms with van der Waals surface area (Å²) < 4.78 is 30.3. The van der Waals surface area contributed by atoms with Crippen LogP contribution in [0.4, 0.5) is 0 Å². The first-order valence-corrected chi connectivity index (χ1v) is 10.1. The van der Waals surface area contributed by atoms with E-state index in [0.717, 1.165) is 4.47 Å². The summed E-state index contributed by atoms with van der Waals surface area (Å²) in [4.78, 5) is 2.06. The standard InChI is InChI=1S/C17H18BrClN2O2S/c1-3-21(4-2)17(13-5-9-15(19)10-6-13)20-24(22,23)16-11-7-14(18)8-12-16/h5-12H,3-4H2,1-2H3. The first kappa shape index (κ1) is 19.0. The topological polar surface area (TPSA) is 49.7 Å². The number of hydrogen-bond acceptors (Lipinski definition) is 2. The van der Waals surface area contributed by atoms with E-state index in [9.17, 15) is 8.42 Å². The summed E-state index contributed by atoms with van der Waals surface area (Å²) in [6.45, 7) is 5.21. The molecular weight excluding hydrogens is 412 g/mol. The molecule has 0 radical (unpaired) electrons. The number of rotatable bonds is 5. The maximum atomic E-state index is 12.7. The molecule has 2 rings (SSSR count). The third-order valence-electron chi connectivity index (χ3n) is 3.48. The molecule has 0 N–H and O–H groups in total. The minimum Gasteiger partial charge on any atom is -0.356 e. The lowest BCUT2D eigenvalue weighted by Crippen LogP contribution is -2.32. The van der Waals surface area contributed by atoms with Gasteiger partial charge in [0.05, 0.1) is 4.90 Å². The molecule has 7 heteroatoms. The van der Waals surface area contributed by atoms with Crippen molar-refractivity contribution in [1.29, 1.82) is 0 Å². The Kier molecular flexibility index (Phi) is 6.43. The van der Waals surface area contributed by atoms with Gasteiger partial charge in [-0.1, -0.05) is 27.5 Å². The monoisotopic (exact) mass is 428 g/mol. The third kappa shape index (κ3) is 4.59. The lowest BCUT2D eigenvalue weighted by molar-refractivity contribution is 0.467. The molecule has 0 atom stereocenters. The maximum Gasteiger partial charge on any atom is 0.284 e. The molecule has 0 fully saturated rings. The molecule has 0 aliphatic heterocycles. The van der Waals surface area contributed by atoms with Crippen molar-refractivity contribution in [3.63, 3.8) is 0 Å². The van der Waals surface area contributed by atoms with Crippen molar-refractivity contribution in [3.05, 3.63) is 63.6 Å². The molecule has 0 aliphatic carbocycles. The second kappa shape index (κ2) is 8.14. The van der Waals surface area contributed by atoms with Crippen LogP contribution in [0.1, 0.15) is 19.4 Å². The van der Waals surface area contributed by atoms with E-state index in [-0.39, 0.29) is 4.90 Å². The van der Waals surface area contributed by atoms with Crippen LogP contribution in [-0.2, 0) is 10.0 Å². The Hall–Kier alpha value is -1.37. The van der Waals surface area contributed by atoms with Gasteiger partial charge < -0.3 is 4.90 Å². The van der Waals surface area contributed by atoms with Gasteiger partial charge in [0.1, 0.15) is 5.84 Å². The van der Waals surface area contributed by atoms with Gasteiger partial charge in [0.15, 0.2) is 0 Å². The summed E-state index contributed by atoms with van der Waals surface area (Å²) >= 11 is 9.23. The van der Waals surface area contributed by atoms with E-state index in [1.165, 1.54) is 12.1 Å². The van der Waals surface area contributed by atoms with E-state index < -0.39 is 10.0 Å². The molecule has 24 heavy (non-hydrogen) atoms. The number of nitrogens with zero attached hydrogens (tertiary/aromatic N) is 2. The van der Waals surface area contributed by atoms with Crippen LogP contribution < -0.4 is 0 Å². The molecule has 2 aromatic rings. The van der Waals surface area contributed by atoms with E-state index in [4.69, 9.17) is 11.6 Å². The molecule has 4 nitrogen and oxygen atoms in total. The van der Waals surface area contributed by atoms with Crippen LogP contribution in [0.25, 0.3) is 0 Å². The molecule has 128 valence electrons. The fourth-order valence-corrected chi connectivity index (χ4v) is 3.61. The highest BCUT2D eigenvalue weighted by Gasteiger charge is 2.18. The Labute approximate surface area is 156 Å². The zero-order valence-electron chi connectivity index (χ0n) is 13.4. The Bertz CT molecular complexity index is 815. The van der Waals surface area contributed by atoms with Crippen molar-refractivity contribution in [3.8, 4) is 0 Å². The Balaban J connectivity index is 2.54. The molecule has 0 heterocycles. The molecule has 2 aromatic carbocycles. The third-order valence-corrected chi connectivity index (χ3v) is 5.55. The number of halogens is 2. The number of amidine groups is 1. The van der Waals surface area contributed by atoms with Crippen molar-refractivity contribution in [2.24, 2.45) is 4.40 Å². The van der Waals surface area contributed by atoms with Crippen molar-refractivity contribution in [1.82, 2.24) is 4.90 Å². The molecule has 0 saturated heterocycles. The number of sulfonamides is 1. The minimum atomic E-state index is -3.81. The first-order valence-electron chi connectivity index (χ1n) is 7.48. The normalized spacial score (nSPS) is 12.2. The summed E-state index contributed by atoms with van der Waals surface area (Å²) in [5.74, 6) is 0.416. The lowest BCUT2D eigenvalue weighted by atomic mass is 10.2. The van der Waals surface area contributed by atoms with Crippen LogP contribution in [0.15, 0.2) is 62.3 Å². The number of benzene rings is 2. The average Bonchev–Trinajstić information content (AvgIpc) is 2.56. The van der Waals surface area contributed by atoms with Crippen molar-refractivity contribution >= 4 is 43.4 Å². The Morgan fingerprint density at radius 3 is 2.08 bits per heavy atom. The summed E-state index contributed by atoms with van der Waals surface area (Å²) in [7, 11) is -3.81. The summed E-state index contributed by atoms with van der Waals surface area (Å²) in [5.41, 5.74) is 0.712. The second-order valence-corrected chi connectivity index (χ2v) is 7.98. The fraction of sp³-hybridized carbons (Fsp3) is 0.235. The largest absolute Gasteiger partial charge is 0.356 e. The summed E-state index contributed by atoms with van der Waals surface area (Å²) in [6.07, 6.45) is 0. The van der Waals surface area contributed by atoms with Gasteiger partial charge in [-0.3, -0.25) is 0 Å². The molecule has 0 saturated carbocycles. The van der Waals surface area contributed by atoms with Crippen molar-refractivity contribution in [2.75, 3.05) is 13.1 Å². The van der Waals surface area contributed by atoms with E-state index in [1.807, 2.05) is 18.7 Å². The lowest BCUT2D eigenvalue weighted by Gasteiger charge is -2.23. The highest BCUT2D eigenvalue weighted by atomic mass is 79.9. The van der Waals surface area contributed by atoms with Crippen LogP contribution in [0.2, 0.25) is 5.02 Å². The summed E-state index contributed by atoms with van der Waals surface area (Å²) in [6, 6.07) is 13.4. The van der Waals surface area contributed by atoms with Crippen molar-refractivity contribution < 1.29 is 8.42 Å². The zero-order valence-corrected chi connectivity index (χ0v) is 16.6. The summed E-state index contributed by atoms with van der Waals surface area (Å²) in [5, 5.41) is 0.591. The smallest absolute Gasteiger partial charge is 0.284 e. The minimum absolute atomic E-state index is 0.157. The Morgan fingerprint density at radius 1 is 1.04 bits per heavy atom. The van der Waals surface area contributed by atoms with Gasteiger partial charge in [0, 0.05) is 28.1 Å². The van der Waals surface area contributed by atoms with Gasteiger partial charge in [-0.05, 0) is 62.4 Å². The maximum absolute atomic E-state index is 12.7. The van der Waals surface area contributed by atoms with Gasteiger partial charge in [0.25, 0.3) is 10.0 Å². The SMILES string of the molecule is CCN(CC)C(=NS(=O)(=O)c1ccc(Br)cc1)c1ccc(Cl)cc1. The predicted molar refractivity (Wildman–Crippen MR) is 102 cm³/mol. The van der Waals surface area contributed by atoms with Crippen LogP contribution >= 0.6 is 27.5 Å². The van der Waals surface area contributed by atoms with Gasteiger partial charge in [-0.25, -0.2) is 0 Å². The average molecular weight is 430 g/mol. The molecule has 0 aliphatic rings. The Morgan fingerprint density at radius 2 is 1.58 bits per heavy atom. The molecule has 0 spiro atoms. The van der Waals surface area contributed by atoms with Crippen molar-refractivity contribution in [2.45, 2.75) is 18.7 Å². The zero-order chi connectivity index (χ0) is 17.7. The van der Waals surface area contributed by atoms with Crippen LogP contribution in [0.5, 0.6) is 0 Å². The van der Waals surface area contributed by atoms with E-state index in [1.54, 1.807) is 36.4 Å². The van der Waals surface area contributed by atoms with Crippen LogP contribution in [0.3, 0.4) is 0 Å². The van der Waals surface area contributed by atoms with Crippen LogP contribution in [0, 0.1) is 0 Å². The second-order valence-electron chi connectivity index (χ2n) is 5.02. The van der Waals surface area contributed by atoms with Gasteiger partial charge >= 0.3 is 0 Å².